The Morgan fingerprint density at radius 1 is 1.67 bits per heavy atom. The summed E-state index contributed by atoms with van der Waals surface area (Å²) in [6.07, 6.45) is 0.938. The van der Waals surface area contributed by atoms with E-state index in [-0.39, 0.29) is 51.4 Å². The Labute approximate surface area is 98.2 Å². The maximum absolute atomic E-state index is 5.18. The molecule has 0 aliphatic rings. The smallest absolute Gasteiger partial charge is 0.570 e. The van der Waals surface area contributed by atoms with Crippen LogP contribution in [0.3, 0.4) is 0 Å². The molecule has 0 bridgehead atoms. The third-order valence-corrected chi connectivity index (χ3v) is 1.04. The molecule has 1 nitrogen and oxygen atoms in total. The molecule has 0 saturated carbocycles. The Morgan fingerprint density at radius 3 is 2.56 bits per heavy atom. The van der Waals surface area contributed by atoms with Crippen molar-refractivity contribution in [3.8, 4) is 0 Å². The van der Waals surface area contributed by atoms with E-state index in [1.54, 1.807) is 0 Å². The Hall–Kier alpha value is 0.916. The van der Waals surface area contributed by atoms with Crippen molar-refractivity contribution < 1.29 is 55.8 Å². The van der Waals surface area contributed by atoms with Crippen molar-refractivity contribution in [3.63, 3.8) is 0 Å². The molecule has 0 aromatic carbocycles. The molecule has 1 heterocycles. The molecule has 1 rings (SSSR count). The van der Waals surface area contributed by atoms with Crippen molar-refractivity contribution in [1.82, 2.24) is 0 Å². The van der Waals surface area contributed by atoms with Crippen molar-refractivity contribution in [1.29, 1.82) is 0 Å². The van der Waals surface area contributed by atoms with Crippen LogP contribution in [0.25, 0.3) is 0 Å². The summed E-state index contributed by atoms with van der Waals surface area (Å²) in [7, 11) is 0. The topological polar surface area (TPSA) is 13.1 Å². The Kier molecular flexibility index (Phi) is 5.17. The molecule has 0 fully saturated rings. The van der Waals surface area contributed by atoms with E-state index in [4.69, 9.17) is 4.42 Å². The van der Waals surface area contributed by atoms with Gasteiger partial charge in [0, 0.05) is 0 Å². The molecule has 0 aliphatic carbocycles. The van der Waals surface area contributed by atoms with Crippen LogP contribution in [0.4, 0.5) is 0 Å². The maximum atomic E-state index is 5.18. The van der Waals surface area contributed by atoms with E-state index in [0.717, 1.165) is 17.9 Å². The van der Waals surface area contributed by atoms with Crippen LogP contribution in [-0.2, 0) is 6.42 Å². The summed E-state index contributed by atoms with van der Waals surface area (Å²) in [5, 5.41) is 0. The SMILES string of the molecule is CCc1[c-]cc(C)o1.[K+]. The molecule has 0 unspecified atom stereocenters. The predicted molar refractivity (Wildman–Crippen MR) is 31.7 cm³/mol. The van der Waals surface area contributed by atoms with Crippen molar-refractivity contribution in [2.45, 2.75) is 20.3 Å². The van der Waals surface area contributed by atoms with Crippen LogP contribution in [0.5, 0.6) is 0 Å². The van der Waals surface area contributed by atoms with Crippen LogP contribution in [0.1, 0.15) is 18.4 Å². The first-order valence-electron chi connectivity index (χ1n) is 2.80. The first kappa shape index (κ1) is 9.92. The first-order chi connectivity index (χ1) is 3.83. The van der Waals surface area contributed by atoms with Gasteiger partial charge >= 0.3 is 51.4 Å². The third kappa shape index (κ3) is 3.00. The Morgan fingerprint density at radius 2 is 2.33 bits per heavy atom. The number of hydrogen-bond acceptors (Lipinski definition) is 1. The van der Waals surface area contributed by atoms with Gasteiger partial charge in [0.25, 0.3) is 0 Å². The van der Waals surface area contributed by atoms with E-state index in [2.05, 4.69) is 13.0 Å². The van der Waals surface area contributed by atoms with E-state index >= 15 is 0 Å². The Bertz CT molecular complexity index is 169. The van der Waals surface area contributed by atoms with E-state index in [1.165, 1.54) is 0 Å². The molecular formula is C7H9KO. The zero-order chi connectivity index (χ0) is 5.98. The van der Waals surface area contributed by atoms with Crippen LogP contribution >= 0.6 is 0 Å². The second kappa shape index (κ2) is 4.69. The minimum atomic E-state index is 0. The number of rotatable bonds is 1. The molecule has 44 valence electrons. The second-order valence-corrected chi connectivity index (χ2v) is 1.78. The summed E-state index contributed by atoms with van der Waals surface area (Å²) in [5.74, 6) is 1.89. The zero-order valence-corrected chi connectivity index (χ0v) is 9.32. The summed E-state index contributed by atoms with van der Waals surface area (Å²) in [4.78, 5) is 0. The number of hydrogen-bond donors (Lipinski definition) is 0. The molecule has 0 atom stereocenters. The summed E-state index contributed by atoms with van der Waals surface area (Å²) in [6.45, 7) is 3.98. The van der Waals surface area contributed by atoms with Gasteiger partial charge in [-0.15, -0.1) is 0 Å². The van der Waals surface area contributed by atoms with Gasteiger partial charge in [-0.05, 0) is 12.2 Å². The number of aryl methyl sites for hydroxylation is 2. The van der Waals surface area contributed by atoms with Crippen molar-refractivity contribution in [3.05, 3.63) is 23.7 Å². The van der Waals surface area contributed by atoms with Gasteiger partial charge in [-0.3, -0.25) is 0 Å². The molecule has 0 radical (unpaired) electrons. The second-order valence-electron chi connectivity index (χ2n) is 1.78. The molecule has 0 amide bonds. The summed E-state index contributed by atoms with van der Waals surface area (Å²) < 4.78 is 5.18. The van der Waals surface area contributed by atoms with Crippen LogP contribution in [0, 0.1) is 13.0 Å². The van der Waals surface area contributed by atoms with Crippen LogP contribution < -0.4 is 51.4 Å². The third-order valence-electron chi connectivity index (χ3n) is 1.04. The van der Waals surface area contributed by atoms with Gasteiger partial charge in [-0.2, -0.15) is 6.07 Å². The molecule has 0 aliphatic heterocycles. The van der Waals surface area contributed by atoms with Crippen molar-refractivity contribution in [2.24, 2.45) is 0 Å². The van der Waals surface area contributed by atoms with E-state index in [1.807, 2.05) is 13.0 Å². The average Bonchev–Trinajstić information content (AvgIpc) is 2.14. The maximum Gasteiger partial charge on any atom is 1.00 e. The standard InChI is InChI=1S/C7H9O.K/c1-3-7-5-4-6(2)8-7;/h4H,3H2,1-2H3;/q-1;+1. The van der Waals surface area contributed by atoms with E-state index in [9.17, 15) is 0 Å². The van der Waals surface area contributed by atoms with Gasteiger partial charge in [0.1, 0.15) is 0 Å². The Balaban J connectivity index is 0.000000640. The number of furan rings is 1. The normalized spacial score (nSPS) is 8.67. The fourth-order valence-electron chi connectivity index (χ4n) is 0.610. The van der Waals surface area contributed by atoms with Gasteiger partial charge < -0.3 is 4.42 Å². The van der Waals surface area contributed by atoms with Crippen LogP contribution in [0.2, 0.25) is 0 Å². The molecule has 9 heavy (non-hydrogen) atoms. The summed E-state index contributed by atoms with van der Waals surface area (Å²) in [5.41, 5.74) is 0. The zero-order valence-electron chi connectivity index (χ0n) is 6.19. The largest absolute Gasteiger partial charge is 1.00 e. The average molecular weight is 148 g/mol. The fraction of sp³-hybridized carbons (Fsp3) is 0.429. The van der Waals surface area contributed by atoms with E-state index in [0.29, 0.717) is 0 Å². The van der Waals surface area contributed by atoms with Crippen molar-refractivity contribution in [2.75, 3.05) is 0 Å². The monoisotopic (exact) mass is 148 g/mol. The van der Waals surface area contributed by atoms with Gasteiger partial charge in [0.15, 0.2) is 0 Å². The minimum absolute atomic E-state index is 0. The summed E-state index contributed by atoms with van der Waals surface area (Å²) in [6, 6.07) is 4.85. The molecule has 2 heteroatoms. The van der Waals surface area contributed by atoms with Gasteiger partial charge in [0.2, 0.25) is 0 Å². The molecule has 1 aromatic heterocycles. The minimum Gasteiger partial charge on any atom is -0.570 e. The fourth-order valence-corrected chi connectivity index (χ4v) is 0.610. The van der Waals surface area contributed by atoms with Gasteiger partial charge in [-0.1, -0.05) is 19.6 Å². The predicted octanol–water partition coefficient (Wildman–Crippen LogP) is -1.05. The molecule has 1 aromatic rings. The first-order valence-corrected chi connectivity index (χ1v) is 2.80. The molecular weight excluding hydrogens is 139 g/mol. The van der Waals surface area contributed by atoms with Gasteiger partial charge in [0.05, 0.1) is 0 Å². The van der Waals surface area contributed by atoms with Gasteiger partial charge in [-0.25, -0.2) is 6.07 Å². The van der Waals surface area contributed by atoms with Crippen LogP contribution in [0.15, 0.2) is 10.5 Å². The van der Waals surface area contributed by atoms with Crippen LogP contribution in [-0.4, -0.2) is 0 Å². The van der Waals surface area contributed by atoms with Crippen molar-refractivity contribution >= 4 is 0 Å². The molecule has 0 saturated heterocycles. The quantitative estimate of drug-likeness (QED) is 0.366. The van der Waals surface area contributed by atoms with E-state index < -0.39 is 0 Å². The summed E-state index contributed by atoms with van der Waals surface area (Å²) >= 11 is 0. The molecule has 0 N–H and O–H groups in total. The molecule has 0 spiro atoms.